The van der Waals surface area contributed by atoms with Gasteiger partial charge in [0.25, 0.3) is 0 Å². The smallest absolute Gasteiger partial charge is 0.236 e. The lowest BCUT2D eigenvalue weighted by Crippen LogP contribution is -2.14. The standard InChI is InChI=1S/C14H16FN3OS3/c1-2-7-21-14-18-17-13(22-14)16-12(19)9-20-8-10-5-3-4-6-11(10)15/h3-6H,2,7-9H2,1H3,(H,16,17,19). The molecule has 0 atom stereocenters. The number of aromatic nitrogens is 2. The van der Waals surface area contributed by atoms with Crippen LogP contribution in [0.15, 0.2) is 28.6 Å². The van der Waals surface area contributed by atoms with Gasteiger partial charge in [-0.3, -0.25) is 10.1 Å². The predicted molar refractivity (Wildman–Crippen MR) is 92.1 cm³/mol. The first kappa shape index (κ1) is 17.2. The quantitative estimate of drug-likeness (QED) is 0.570. The molecular weight excluding hydrogens is 341 g/mol. The number of amides is 1. The molecule has 4 nitrogen and oxygen atoms in total. The minimum absolute atomic E-state index is 0.149. The molecule has 0 saturated heterocycles. The number of rotatable bonds is 8. The number of nitrogens with zero attached hydrogens (tertiary/aromatic N) is 2. The number of nitrogens with one attached hydrogen (secondary N) is 1. The largest absolute Gasteiger partial charge is 0.300 e. The van der Waals surface area contributed by atoms with E-state index in [4.69, 9.17) is 0 Å². The number of anilines is 1. The van der Waals surface area contributed by atoms with Gasteiger partial charge < -0.3 is 0 Å². The second-order valence-electron chi connectivity index (χ2n) is 4.35. The van der Waals surface area contributed by atoms with Crippen LogP contribution in [-0.4, -0.2) is 27.6 Å². The van der Waals surface area contributed by atoms with Crippen LogP contribution >= 0.6 is 34.9 Å². The predicted octanol–water partition coefficient (Wildman–Crippen LogP) is 4.05. The third-order valence-electron chi connectivity index (χ3n) is 2.53. The summed E-state index contributed by atoms with van der Waals surface area (Å²) in [7, 11) is 0. The summed E-state index contributed by atoms with van der Waals surface area (Å²) < 4.78 is 14.3. The molecule has 8 heteroatoms. The summed E-state index contributed by atoms with van der Waals surface area (Å²) in [6.45, 7) is 2.10. The fourth-order valence-electron chi connectivity index (χ4n) is 1.53. The van der Waals surface area contributed by atoms with Crippen molar-refractivity contribution in [3.63, 3.8) is 0 Å². The molecule has 0 spiro atoms. The molecule has 0 aliphatic heterocycles. The van der Waals surface area contributed by atoms with Crippen molar-refractivity contribution in [3.8, 4) is 0 Å². The molecule has 0 saturated carbocycles. The van der Waals surface area contributed by atoms with Crippen LogP contribution in [0.5, 0.6) is 0 Å². The minimum Gasteiger partial charge on any atom is -0.300 e. The van der Waals surface area contributed by atoms with Gasteiger partial charge in [0.2, 0.25) is 11.0 Å². The molecule has 1 heterocycles. The van der Waals surface area contributed by atoms with Gasteiger partial charge in [-0.05, 0) is 18.1 Å². The molecule has 0 aliphatic rings. The van der Waals surface area contributed by atoms with E-state index in [9.17, 15) is 9.18 Å². The number of hydrogen-bond donors (Lipinski definition) is 1. The topological polar surface area (TPSA) is 54.9 Å². The van der Waals surface area contributed by atoms with Crippen LogP contribution < -0.4 is 5.32 Å². The maximum Gasteiger partial charge on any atom is 0.236 e. The van der Waals surface area contributed by atoms with Gasteiger partial charge in [0.05, 0.1) is 5.75 Å². The third-order valence-corrected chi connectivity index (χ3v) is 5.69. The summed E-state index contributed by atoms with van der Waals surface area (Å²) in [5.74, 6) is 1.32. The summed E-state index contributed by atoms with van der Waals surface area (Å²) in [5.41, 5.74) is 0.606. The molecular formula is C14H16FN3OS3. The Kier molecular flexibility index (Phi) is 7.14. The molecule has 1 N–H and O–H groups in total. The lowest BCUT2D eigenvalue weighted by Gasteiger charge is -2.03. The molecule has 22 heavy (non-hydrogen) atoms. The first-order valence-electron chi connectivity index (χ1n) is 6.76. The van der Waals surface area contributed by atoms with Crippen LogP contribution in [0.4, 0.5) is 9.52 Å². The molecule has 2 rings (SSSR count). The maximum absolute atomic E-state index is 13.4. The van der Waals surface area contributed by atoms with Crippen LogP contribution in [0.2, 0.25) is 0 Å². The third kappa shape index (κ3) is 5.58. The first-order chi connectivity index (χ1) is 10.7. The van der Waals surface area contributed by atoms with Crippen molar-refractivity contribution < 1.29 is 9.18 Å². The fraction of sp³-hybridized carbons (Fsp3) is 0.357. The van der Waals surface area contributed by atoms with Gasteiger partial charge in [-0.25, -0.2) is 4.39 Å². The summed E-state index contributed by atoms with van der Waals surface area (Å²) in [4.78, 5) is 11.8. The summed E-state index contributed by atoms with van der Waals surface area (Å²) in [5, 5.41) is 11.2. The highest BCUT2D eigenvalue weighted by Crippen LogP contribution is 2.26. The summed E-state index contributed by atoms with van der Waals surface area (Å²) in [6.07, 6.45) is 1.07. The summed E-state index contributed by atoms with van der Waals surface area (Å²) in [6, 6.07) is 6.59. The SMILES string of the molecule is CCCSc1nnc(NC(=O)CSCc2ccccc2F)s1. The van der Waals surface area contributed by atoms with Crippen molar-refractivity contribution in [2.45, 2.75) is 23.4 Å². The van der Waals surface area contributed by atoms with Crippen molar-refractivity contribution >= 4 is 45.9 Å². The molecule has 1 aromatic heterocycles. The molecule has 118 valence electrons. The molecule has 0 aliphatic carbocycles. The second-order valence-corrected chi connectivity index (χ2v) is 7.66. The normalized spacial score (nSPS) is 10.6. The van der Waals surface area contributed by atoms with Crippen molar-refractivity contribution in [1.82, 2.24) is 10.2 Å². The zero-order valence-corrected chi connectivity index (χ0v) is 14.5. The molecule has 0 radical (unpaired) electrons. The van der Waals surface area contributed by atoms with E-state index in [0.717, 1.165) is 16.5 Å². The Morgan fingerprint density at radius 1 is 1.36 bits per heavy atom. The highest BCUT2D eigenvalue weighted by Gasteiger charge is 2.09. The van der Waals surface area contributed by atoms with Gasteiger partial charge >= 0.3 is 0 Å². The Hall–Kier alpha value is -1.12. The monoisotopic (exact) mass is 357 g/mol. The Morgan fingerprint density at radius 2 is 2.18 bits per heavy atom. The van der Waals surface area contributed by atoms with Gasteiger partial charge in [0.15, 0.2) is 4.34 Å². The molecule has 0 bridgehead atoms. The van der Waals surface area contributed by atoms with E-state index < -0.39 is 0 Å². The van der Waals surface area contributed by atoms with E-state index in [2.05, 4.69) is 22.4 Å². The van der Waals surface area contributed by atoms with Gasteiger partial charge in [0.1, 0.15) is 5.82 Å². The van der Waals surface area contributed by atoms with Crippen LogP contribution in [0.25, 0.3) is 0 Å². The van der Waals surface area contributed by atoms with E-state index in [1.807, 2.05) is 0 Å². The van der Waals surface area contributed by atoms with Gasteiger partial charge in [-0.1, -0.05) is 48.2 Å². The second kappa shape index (κ2) is 9.12. The molecule has 0 fully saturated rings. The Morgan fingerprint density at radius 3 is 2.95 bits per heavy atom. The Labute approximate surface area is 141 Å². The number of hydrogen-bond acceptors (Lipinski definition) is 6. The highest BCUT2D eigenvalue weighted by molar-refractivity contribution is 8.01. The average Bonchev–Trinajstić information content (AvgIpc) is 2.94. The average molecular weight is 358 g/mol. The number of carbonyl (C=O) groups excluding carboxylic acids is 1. The fourth-order valence-corrected chi connectivity index (χ4v) is 4.04. The van der Waals surface area contributed by atoms with Crippen LogP contribution in [0, 0.1) is 5.82 Å². The van der Waals surface area contributed by atoms with E-state index in [-0.39, 0.29) is 17.5 Å². The number of thioether (sulfide) groups is 2. The molecule has 1 aromatic carbocycles. The summed E-state index contributed by atoms with van der Waals surface area (Å²) >= 11 is 4.37. The van der Waals surface area contributed by atoms with Crippen molar-refractivity contribution in [1.29, 1.82) is 0 Å². The maximum atomic E-state index is 13.4. The van der Waals surface area contributed by atoms with Gasteiger partial charge in [-0.15, -0.1) is 22.0 Å². The number of carbonyl (C=O) groups is 1. The first-order valence-corrected chi connectivity index (χ1v) is 9.72. The molecule has 0 unspecified atom stereocenters. The van der Waals surface area contributed by atoms with Crippen LogP contribution in [0.1, 0.15) is 18.9 Å². The Bertz CT molecular complexity index is 621. The van der Waals surface area contributed by atoms with Gasteiger partial charge in [0, 0.05) is 11.5 Å². The zero-order valence-electron chi connectivity index (χ0n) is 12.0. The lowest BCUT2D eigenvalue weighted by atomic mass is 10.2. The van der Waals surface area contributed by atoms with Crippen molar-refractivity contribution in [2.24, 2.45) is 0 Å². The van der Waals surface area contributed by atoms with Crippen molar-refractivity contribution in [3.05, 3.63) is 35.6 Å². The molecule has 2 aromatic rings. The zero-order chi connectivity index (χ0) is 15.8. The van der Waals surface area contributed by atoms with Crippen LogP contribution in [-0.2, 0) is 10.5 Å². The van der Waals surface area contributed by atoms with Crippen LogP contribution in [0.3, 0.4) is 0 Å². The highest BCUT2D eigenvalue weighted by atomic mass is 32.2. The Balaban J connectivity index is 1.74. The van der Waals surface area contributed by atoms with E-state index in [1.165, 1.54) is 29.2 Å². The van der Waals surface area contributed by atoms with E-state index in [1.54, 1.807) is 30.0 Å². The number of benzene rings is 1. The number of halogens is 1. The van der Waals surface area contributed by atoms with E-state index in [0.29, 0.717) is 16.4 Å². The van der Waals surface area contributed by atoms with Gasteiger partial charge in [-0.2, -0.15) is 0 Å². The van der Waals surface area contributed by atoms with E-state index >= 15 is 0 Å². The lowest BCUT2D eigenvalue weighted by molar-refractivity contribution is -0.113. The minimum atomic E-state index is -0.239. The molecule has 1 amide bonds. The van der Waals surface area contributed by atoms with Crippen molar-refractivity contribution in [2.75, 3.05) is 16.8 Å².